The number of piperidine rings is 1. The van der Waals surface area contributed by atoms with Gasteiger partial charge >= 0.3 is 0 Å². The van der Waals surface area contributed by atoms with Crippen molar-refractivity contribution < 1.29 is 8.42 Å². The van der Waals surface area contributed by atoms with Gasteiger partial charge in [-0.1, -0.05) is 24.4 Å². The topological polar surface area (TPSA) is 63.4 Å². The van der Waals surface area contributed by atoms with E-state index in [0.29, 0.717) is 23.2 Å². The van der Waals surface area contributed by atoms with Gasteiger partial charge in [0.25, 0.3) is 0 Å². The summed E-state index contributed by atoms with van der Waals surface area (Å²) in [6.07, 6.45) is 6.58. The molecule has 1 saturated carbocycles. The lowest BCUT2D eigenvalue weighted by molar-refractivity contribution is 0.129. The fraction of sp³-hybridized carbons (Fsp3) is 0.600. The molecule has 1 aliphatic heterocycles. The number of nitrogens with zero attached hydrogens (tertiary/aromatic N) is 1. The molecule has 3 rings (SSSR count). The summed E-state index contributed by atoms with van der Waals surface area (Å²) < 4.78 is 27.6. The van der Waals surface area contributed by atoms with Gasteiger partial charge in [0.1, 0.15) is 0 Å². The smallest absolute Gasteiger partial charge is 0.243 e. The lowest BCUT2D eigenvalue weighted by Crippen LogP contribution is -2.49. The normalized spacial score (nSPS) is 27.3. The molecule has 1 aliphatic carbocycles. The fourth-order valence-corrected chi connectivity index (χ4v) is 5.60. The summed E-state index contributed by atoms with van der Waals surface area (Å²) in [5.74, 6) is 0.520. The average Bonchev–Trinajstić information content (AvgIpc) is 2.49. The monoisotopic (exact) mass is 328 g/mol. The van der Waals surface area contributed by atoms with Crippen molar-refractivity contribution in [2.45, 2.75) is 49.5 Å². The zero-order valence-corrected chi connectivity index (χ0v) is 13.5. The summed E-state index contributed by atoms with van der Waals surface area (Å²) in [7, 11) is -3.48. The van der Waals surface area contributed by atoms with Gasteiger partial charge in [0.15, 0.2) is 0 Å². The molecule has 0 amide bonds. The van der Waals surface area contributed by atoms with E-state index >= 15 is 0 Å². The van der Waals surface area contributed by atoms with Crippen LogP contribution in [-0.4, -0.2) is 25.3 Å². The van der Waals surface area contributed by atoms with Gasteiger partial charge in [0, 0.05) is 12.6 Å². The van der Waals surface area contributed by atoms with E-state index in [-0.39, 0.29) is 10.9 Å². The number of fused-ring (bicyclic) bond motifs is 1. The van der Waals surface area contributed by atoms with Crippen LogP contribution in [0.15, 0.2) is 23.1 Å². The van der Waals surface area contributed by atoms with E-state index < -0.39 is 10.0 Å². The van der Waals surface area contributed by atoms with Crippen LogP contribution in [0.5, 0.6) is 0 Å². The van der Waals surface area contributed by atoms with Crippen LogP contribution < -0.4 is 5.73 Å². The van der Waals surface area contributed by atoms with E-state index in [4.69, 9.17) is 17.3 Å². The maximum absolute atomic E-state index is 12.9. The van der Waals surface area contributed by atoms with Crippen LogP contribution in [0.4, 0.5) is 5.69 Å². The van der Waals surface area contributed by atoms with E-state index in [2.05, 4.69) is 0 Å². The van der Waals surface area contributed by atoms with Gasteiger partial charge in [0.05, 0.1) is 15.6 Å². The van der Waals surface area contributed by atoms with Gasteiger partial charge < -0.3 is 5.73 Å². The third kappa shape index (κ3) is 2.79. The summed E-state index contributed by atoms with van der Waals surface area (Å²) in [6.45, 7) is 0.617. The van der Waals surface area contributed by atoms with Crippen molar-refractivity contribution >= 4 is 27.3 Å². The first kappa shape index (κ1) is 15.1. The molecule has 0 bridgehead atoms. The summed E-state index contributed by atoms with van der Waals surface area (Å²) in [5, 5.41) is 0.392. The van der Waals surface area contributed by atoms with Crippen LogP contribution in [0.1, 0.15) is 38.5 Å². The zero-order valence-electron chi connectivity index (χ0n) is 12.0. The molecule has 6 heteroatoms. The van der Waals surface area contributed by atoms with Crippen LogP contribution in [0.25, 0.3) is 0 Å². The minimum atomic E-state index is -3.48. The molecule has 2 unspecified atom stereocenters. The lowest BCUT2D eigenvalue weighted by Gasteiger charge is -2.43. The van der Waals surface area contributed by atoms with Crippen LogP contribution in [0, 0.1) is 5.92 Å². The number of hydrogen-bond donors (Lipinski definition) is 1. The Balaban J connectivity index is 1.94. The number of nitrogen functional groups attached to an aromatic ring is 1. The number of hydrogen-bond acceptors (Lipinski definition) is 3. The van der Waals surface area contributed by atoms with Crippen molar-refractivity contribution in [3.63, 3.8) is 0 Å². The van der Waals surface area contributed by atoms with Crippen molar-refractivity contribution in [2.24, 2.45) is 5.92 Å². The highest BCUT2D eigenvalue weighted by molar-refractivity contribution is 7.89. The fourth-order valence-electron chi connectivity index (χ4n) is 3.70. The molecule has 116 valence electrons. The molecule has 2 fully saturated rings. The minimum absolute atomic E-state index is 0.161. The second kappa shape index (κ2) is 5.78. The molecule has 0 radical (unpaired) electrons. The number of sulfonamides is 1. The first-order valence-electron chi connectivity index (χ1n) is 7.57. The van der Waals surface area contributed by atoms with Gasteiger partial charge in [-0.2, -0.15) is 4.31 Å². The molecule has 0 spiro atoms. The SMILES string of the molecule is Nc1cc(S(=O)(=O)N2CCCC3CCCCC32)ccc1Cl. The molecule has 4 nitrogen and oxygen atoms in total. The molecule has 21 heavy (non-hydrogen) atoms. The minimum Gasteiger partial charge on any atom is -0.397 e. The highest BCUT2D eigenvalue weighted by Gasteiger charge is 2.39. The maximum Gasteiger partial charge on any atom is 0.243 e. The predicted octanol–water partition coefficient (Wildman–Crippen LogP) is 3.27. The third-order valence-corrected chi connectivity index (χ3v) is 7.03. The number of anilines is 1. The molecule has 1 aromatic carbocycles. The molecule has 1 aromatic rings. The second-order valence-electron chi connectivity index (χ2n) is 6.05. The Morgan fingerprint density at radius 1 is 1.14 bits per heavy atom. The van der Waals surface area contributed by atoms with E-state index in [1.807, 2.05) is 0 Å². The summed E-state index contributed by atoms with van der Waals surface area (Å²) >= 11 is 5.89. The van der Waals surface area contributed by atoms with Crippen molar-refractivity contribution in [2.75, 3.05) is 12.3 Å². The predicted molar refractivity (Wildman–Crippen MR) is 84.7 cm³/mol. The number of benzene rings is 1. The average molecular weight is 329 g/mol. The van der Waals surface area contributed by atoms with Gasteiger partial charge in [-0.25, -0.2) is 8.42 Å². The Morgan fingerprint density at radius 3 is 2.62 bits per heavy atom. The maximum atomic E-state index is 12.9. The van der Waals surface area contributed by atoms with Gasteiger partial charge in [-0.05, 0) is 49.8 Å². The second-order valence-corrected chi connectivity index (χ2v) is 8.35. The largest absolute Gasteiger partial charge is 0.397 e. The Labute approximate surface area is 131 Å². The first-order chi connectivity index (χ1) is 10.00. The van der Waals surface area contributed by atoms with Crippen molar-refractivity contribution in [3.8, 4) is 0 Å². The number of rotatable bonds is 2. The van der Waals surface area contributed by atoms with E-state index in [9.17, 15) is 8.42 Å². The van der Waals surface area contributed by atoms with Crippen LogP contribution in [-0.2, 0) is 10.0 Å². The van der Waals surface area contributed by atoms with Gasteiger partial charge in [-0.15, -0.1) is 0 Å². The summed E-state index contributed by atoms with van der Waals surface area (Å²) in [6, 6.07) is 4.76. The van der Waals surface area contributed by atoms with Crippen molar-refractivity contribution in [3.05, 3.63) is 23.2 Å². The molecule has 2 aliphatic rings. The molecule has 2 atom stereocenters. The molecule has 1 heterocycles. The highest BCUT2D eigenvalue weighted by Crippen LogP contribution is 2.38. The van der Waals surface area contributed by atoms with Crippen LogP contribution >= 0.6 is 11.6 Å². The zero-order chi connectivity index (χ0) is 15.0. The Hall–Kier alpha value is -0.780. The summed E-state index contributed by atoms with van der Waals surface area (Å²) in [5.41, 5.74) is 6.08. The van der Waals surface area contributed by atoms with Crippen molar-refractivity contribution in [1.29, 1.82) is 0 Å². The third-order valence-electron chi connectivity index (χ3n) is 4.77. The Kier molecular flexibility index (Phi) is 4.17. The first-order valence-corrected chi connectivity index (χ1v) is 9.39. The highest BCUT2D eigenvalue weighted by atomic mass is 35.5. The molecule has 0 aromatic heterocycles. The molecular formula is C15H21ClN2O2S. The van der Waals surface area contributed by atoms with Crippen molar-refractivity contribution in [1.82, 2.24) is 4.31 Å². The quantitative estimate of drug-likeness (QED) is 0.847. The number of halogens is 1. The lowest BCUT2D eigenvalue weighted by atomic mass is 9.79. The van der Waals surface area contributed by atoms with Gasteiger partial charge in [0.2, 0.25) is 10.0 Å². The molecule has 2 N–H and O–H groups in total. The van der Waals surface area contributed by atoms with E-state index in [0.717, 1.165) is 32.1 Å². The van der Waals surface area contributed by atoms with Crippen LogP contribution in [0.3, 0.4) is 0 Å². The standard InChI is InChI=1S/C15H21ClN2O2S/c16-13-8-7-12(10-14(13)17)21(19,20)18-9-3-5-11-4-1-2-6-15(11)18/h7-8,10-11,15H,1-6,9,17H2. The molecular weight excluding hydrogens is 308 g/mol. The Bertz CT molecular complexity index is 631. The van der Waals surface area contributed by atoms with Gasteiger partial charge in [-0.3, -0.25) is 0 Å². The van der Waals surface area contributed by atoms with E-state index in [1.54, 1.807) is 16.4 Å². The van der Waals surface area contributed by atoms with E-state index in [1.165, 1.54) is 12.5 Å². The summed E-state index contributed by atoms with van der Waals surface area (Å²) in [4.78, 5) is 0.260. The molecule has 1 saturated heterocycles. The Morgan fingerprint density at radius 2 is 1.86 bits per heavy atom. The van der Waals surface area contributed by atoms with Crippen LogP contribution in [0.2, 0.25) is 5.02 Å². The number of nitrogens with two attached hydrogens (primary N) is 1.